The van der Waals surface area contributed by atoms with Gasteiger partial charge in [-0.1, -0.05) is 36.4 Å². The first-order chi connectivity index (χ1) is 12.5. The zero-order chi connectivity index (χ0) is 18.4. The summed E-state index contributed by atoms with van der Waals surface area (Å²) in [6.07, 6.45) is 3.11. The molecule has 0 aliphatic heterocycles. The van der Waals surface area contributed by atoms with Crippen LogP contribution >= 0.6 is 0 Å². The highest BCUT2D eigenvalue weighted by Crippen LogP contribution is 2.14. The number of nitrogens with zero attached hydrogens (tertiary/aromatic N) is 1. The van der Waals surface area contributed by atoms with E-state index in [9.17, 15) is 13.2 Å². The predicted octanol–water partition coefficient (Wildman–Crippen LogP) is 2.81. The van der Waals surface area contributed by atoms with E-state index < -0.39 is 15.9 Å². The summed E-state index contributed by atoms with van der Waals surface area (Å²) in [5.41, 5.74) is 1.63. The number of nitrogens with one attached hydrogen (secondary N) is 2. The summed E-state index contributed by atoms with van der Waals surface area (Å²) in [4.78, 5) is 16.3. The summed E-state index contributed by atoms with van der Waals surface area (Å²) in [6, 6.07) is 18.5. The second-order valence-electron chi connectivity index (χ2n) is 5.53. The summed E-state index contributed by atoms with van der Waals surface area (Å²) < 4.78 is 27.5. The van der Waals surface area contributed by atoms with Crippen LogP contribution in [0.25, 0.3) is 0 Å². The Morgan fingerprint density at radius 2 is 1.77 bits per heavy atom. The van der Waals surface area contributed by atoms with Crippen molar-refractivity contribution in [2.24, 2.45) is 0 Å². The standard InChI is InChI=1S/C19H17N3O3S/c23-19(22-17-9-5-11-20-14-17)16-8-4-10-18(12-16)26(24,25)21-13-15-6-2-1-3-7-15/h1-12,14,21H,13H2,(H,22,23). The number of amides is 1. The topological polar surface area (TPSA) is 88.2 Å². The summed E-state index contributed by atoms with van der Waals surface area (Å²) >= 11 is 0. The number of aromatic nitrogens is 1. The fraction of sp³-hybridized carbons (Fsp3) is 0.0526. The monoisotopic (exact) mass is 367 g/mol. The second-order valence-corrected chi connectivity index (χ2v) is 7.30. The Balaban J connectivity index is 1.74. The van der Waals surface area contributed by atoms with Gasteiger partial charge in [-0.15, -0.1) is 0 Å². The van der Waals surface area contributed by atoms with Gasteiger partial charge >= 0.3 is 0 Å². The first-order valence-electron chi connectivity index (χ1n) is 7.90. The van der Waals surface area contributed by atoms with Gasteiger partial charge in [0.25, 0.3) is 5.91 Å². The largest absolute Gasteiger partial charge is 0.321 e. The molecule has 26 heavy (non-hydrogen) atoms. The Hall–Kier alpha value is -3.03. The first kappa shape index (κ1) is 17.8. The zero-order valence-electron chi connectivity index (χ0n) is 13.8. The molecule has 132 valence electrons. The average molecular weight is 367 g/mol. The number of rotatable bonds is 6. The molecule has 1 heterocycles. The molecule has 3 rings (SSSR count). The molecule has 0 radical (unpaired) electrons. The predicted molar refractivity (Wildman–Crippen MR) is 99.1 cm³/mol. The van der Waals surface area contributed by atoms with Gasteiger partial charge in [0.05, 0.1) is 16.8 Å². The van der Waals surface area contributed by atoms with Crippen molar-refractivity contribution in [3.63, 3.8) is 0 Å². The molecule has 0 spiro atoms. The molecule has 0 atom stereocenters. The molecule has 0 aliphatic carbocycles. The lowest BCUT2D eigenvalue weighted by Gasteiger charge is -2.09. The maximum absolute atomic E-state index is 12.5. The van der Waals surface area contributed by atoms with E-state index >= 15 is 0 Å². The SMILES string of the molecule is O=C(Nc1cccnc1)c1cccc(S(=O)(=O)NCc2ccccc2)c1. The van der Waals surface area contributed by atoms with Crippen LogP contribution in [0.15, 0.2) is 84.0 Å². The Morgan fingerprint density at radius 1 is 0.962 bits per heavy atom. The normalized spacial score (nSPS) is 11.1. The van der Waals surface area contributed by atoms with Crippen LogP contribution < -0.4 is 10.0 Å². The summed E-state index contributed by atoms with van der Waals surface area (Å²) in [5, 5.41) is 2.68. The highest BCUT2D eigenvalue weighted by molar-refractivity contribution is 7.89. The van der Waals surface area contributed by atoms with E-state index in [2.05, 4.69) is 15.0 Å². The molecule has 2 N–H and O–H groups in total. The summed E-state index contributed by atoms with van der Waals surface area (Å²) in [7, 11) is -3.73. The molecule has 6 nitrogen and oxygen atoms in total. The van der Waals surface area contributed by atoms with Crippen molar-refractivity contribution in [2.45, 2.75) is 11.4 Å². The maximum Gasteiger partial charge on any atom is 0.255 e. The highest BCUT2D eigenvalue weighted by atomic mass is 32.2. The third kappa shape index (κ3) is 4.53. The minimum Gasteiger partial charge on any atom is -0.321 e. The Labute approximate surface area is 152 Å². The van der Waals surface area contributed by atoms with Gasteiger partial charge < -0.3 is 5.32 Å². The molecule has 0 unspecified atom stereocenters. The van der Waals surface area contributed by atoms with Gasteiger partial charge in [-0.2, -0.15) is 0 Å². The number of carbonyl (C=O) groups excluding carboxylic acids is 1. The number of anilines is 1. The Bertz CT molecular complexity index is 991. The minimum absolute atomic E-state index is 0.0345. The summed E-state index contributed by atoms with van der Waals surface area (Å²) in [6.45, 7) is 0.176. The van der Waals surface area contributed by atoms with E-state index in [1.54, 1.807) is 24.4 Å². The van der Waals surface area contributed by atoms with Crippen LogP contribution in [0.2, 0.25) is 0 Å². The third-order valence-electron chi connectivity index (χ3n) is 3.64. The number of benzene rings is 2. The van der Waals surface area contributed by atoms with Crippen molar-refractivity contribution >= 4 is 21.6 Å². The van der Waals surface area contributed by atoms with Crippen LogP contribution in [0.5, 0.6) is 0 Å². The van der Waals surface area contributed by atoms with Crippen molar-refractivity contribution in [3.05, 3.63) is 90.3 Å². The van der Waals surface area contributed by atoms with E-state index in [-0.39, 0.29) is 17.0 Å². The minimum atomic E-state index is -3.73. The van der Waals surface area contributed by atoms with Gasteiger partial charge in [0.1, 0.15) is 0 Å². The van der Waals surface area contributed by atoms with E-state index in [1.165, 1.54) is 24.4 Å². The van der Waals surface area contributed by atoms with Gasteiger partial charge in [-0.25, -0.2) is 13.1 Å². The quantitative estimate of drug-likeness (QED) is 0.701. The first-order valence-corrected chi connectivity index (χ1v) is 9.38. The molecule has 2 aromatic carbocycles. The fourth-order valence-corrected chi connectivity index (χ4v) is 3.37. The molecule has 1 aromatic heterocycles. The van der Waals surface area contributed by atoms with Crippen LogP contribution in [0.4, 0.5) is 5.69 Å². The number of hydrogen-bond acceptors (Lipinski definition) is 4. The second kappa shape index (κ2) is 7.90. The van der Waals surface area contributed by atoms with E-state index in [0.717, 1.165) is 5.56 Å². The molecular weight excluding hydrogens is 350 g/mol. The van der Waals surface area contributed by atoms with E-state index in [0.29, 0.717) is 5.69 Å². The Kier molecular flexibility index (Phi) is 5.40. The van der Waals surface area contributed by atoms with Crippen molar-refractivity contribution in [1.82, 2.24) is 9.71 Å². The molecule has 0 saturated carbocycles. The van der Waals surface area contributed by atoms with Gasteiger partial charge in [-0.05, 0) is 35.9 Å². The molecule has 0 saturated heterocycles. The number of hydrogen-bond donors (Lipinski definition) is 2. The molecular formula is C19H17N3O3S. The van der Waals surface area contributed by atoms with E-state index in [4.69, 9.17) is 0 Å². The van der Waals surface area contributed by atoms with Crippen LogP contribution in [-0.4, -0.2) is 19.3 Å². The van der Waals surface area contributed by atoms with Gasteiger partial charge in [-0.3, -0.25) is 9.78 Å². The van der Waals surface area contributed by atoms with Gasteiger partial charge in [0.15, 0.2) is 0 Å². The Morgan fingerprint density at radius 3 is 2.50 bits per heavy atom. The zero-order valence-corrected chi connectivity index (χ0v) is 14.6. The smallest absolute Gasteiger partial charge is 0.255 e. The van der Waals surface area contributed by atoms with Crippen LogP contribution in [-0.2, 0) is 16.6 Å². The molecule has 7 heteroatoms. The van der Waals surface area contributed by atoms with Crippen LogP contribution in [0.3, 0.4) is 0 Å². The van der Waals surface area contributed by atoms with Crippen molar-refractivity contribution in [3.8, 4) is 0 Å². The van der Waals surface area contributed by atoms with Gasteiger partial charge in [0, 0.05) is 18.3 Å². The van der Waals surface area contributed by atoms with Crippen molar-refractivity contribution in [2.75, 3.05) is 5.32 Å². The lowest BCUT2D eigenvalue weighted by Crippen LogP contribution is -2.23. The molecule has 0 aliphatic rings. The molecule has 0 bridgehead atoms. The molecule has 3 aromatic rings. The van der Waals surface area contributed by atoms with Crippen LogP contribution in [0.1, 0.15) is 15.9 Å². The number of sulfonamides is 1. The van der Waals surface area contributed by atoms with Crippen molar-refractivity contribution in [1.29, 1.82) is 0 Å². The average Bonchev–Trinajstić information content (AvgIpc) is 2.68. The number of carbonyl (C=O) groups is 1. The maximum atomic E-state index is 12.5. The summed E-state index contributed by atoms with van der Waals surface area (Å²) in [5.74, 6) is -0.405. The van der Waals surface area contributed by atoms with Crippen LogP contribution in [0, 0.1) is 0 Å². The fourth-order valence-electron chi connectivity index (χ4n) is 2.30. The van der Waals surface area contributed by atoms with Gasteiger partial charge in [0.2, 0.25) is 10.0 Å². The number of pyridine rings is 1. The van der Waals surface area contributed by atoms with Crippen molar-refractivity contribution < 1.29 is 13.2 Å². The lowest BCUT2D eigenvalue weighted by molar-refractivity contribution is 0.102. The van der Waals surface area contributed by atoms with E-state index in [1.807, 2.05) is 30.3 Å². The highest BCUT2D eigenvalue weighted by Gasteiger charge is 2.16. The molecule has 1 amide bonds. The third-order valence-corrected chi connectivity index (χ3v) is 5.03. The molecule has 0 fully saturated rings. The lowest BCUT2D eigenvalue weighted by atomic mass is 10.2.